The molecule has 1 aromatic rings. The Hall–Kier alpha value is -1.06. The highest BCUT2D eigenvalue weighted by Crippen LogP contribution is 2.35. The third kappa shape index (κ3) is 2.30. The first-order chi connectivity index (χ1) is 6.91. The molecule has 0 heterocycles. The Balaban J connectivity index is 3.51. The van der Waals surface area contributed by atoms with Crippen molar-refractivity contribution in [1.29, 1.82) is 5.26 Å². The van der Waals surface area contributed by atoms with Crippen molar-refractivity contribution in [3.8, 4) is 6.07 Å². The van der Waals surface area contributed by atoms with Crippen LogP contribution in [0.5, 0.6) is 0 Å². The van der Waals surface area contributed by atoms with Gasteiger partial charge in [0, 0.05) is 11.0 Å². The van der Waals surface area contributed by atoms with Crippen LogP contribution in [-0.4, -0.2) is 0 Å². The molecule has 0 radical (unpaired) electrons. The highest BCUT2D eigenvalue weighted by Gasteiger charge is 2.34. The summed E-state index contributed by atoms with van der Waals surface area (Å²) in [5.41, 5.74) is 4.10. The van der Waals surface area contributed by atoms with E-state index in [1.807, 2.05) is 0 Å². The second-order valence-corrected chi connectivity index (χ2v) is 3.62. The number of halogens is 4. The molecule has 0 aliphatic heterocycles. The highest BCUT2D eigenvalue weighted by atomic mass is 79.9. The summed E-state index contributed by atoms with van der Waals surface area (Å²) in [5, 5.41) is 8.69. The molecule has 1 rings (SSSR count). The molecule has 0 aliphatic rings. The molecule has 80 valence electrons. The Morgan fingerprint density at radius 3 is 2.40 bits per heavy atom. The Kier molecular flexibility index (Phi) is 3.37. The minimum absolute atomic E-state index is 0.118. The number of nitrogens with zero attached hydrogens (tertiary/aromatic N) is 1. The first-order valence-corrected chi connectivity index (χ1v) is 4.70. The van der Waals surface area contributed by atoms with Gasteiger partial charge in [-0.3, -0.25) is 0 Å². The predicted molar refractivity (Wildman–Crippen MR) is 51.8 cm³/mol. The zero-order chi connectivity index (χ0) is 11.6. The van der Waals surface area contributed by atoms with Gasteiger partial charge in [0.05, 0.1) is 11.1 Å². The lowest BCUT2D eigenvalue weighted by molar-refractivity contribution is -0.137. The zero-order valence-electron chi connectivity index (χ0n) is 7.40. The van der Waals surface area contributed by atoms with Gasteiger partial charge in [-0.05, 0) is 17.7 Å². The van der Waals surface area contributed by atoms with Crippen molar-refractivity contribution >= 4 is 15.9 Å². The van der Waals surface area contributed by atoms with E-state index in [1.54, 1.807) is 0 Å². The van der Waals surface area contributed by atoms with Crippen molar-refractivity contribution in [3.63, 3.8) is 0 Å². The van der Waals surface area contributed by atoms with Crippen molar-refractivity contribution in [2.75, 3.05) is 0 Å². The summed E-state index contributed by atoms with van der Waals surface area (Å²) in [6.45, 7) is -0.118. The Morgan fingerprint density at radius 2 is 2.00 bits per heavy atom. The van der Waals surface area contributed by atoms with E-state index in [1.165, 1.54) is 12.1 Å². The lowest BCUT2D eigenvalue weighted by Crippen LogP contribution is -2.11. The molecule has 0 amide bonds. The monoisotopic (exact) mass is 278 g/mol. The normalized spacial score (nSPS) is 11.2. The van der Waals surface area contributed by atoms with E-state index in [-0.39, 0.29) is 12.1 Å². The van der Waals surface area contributed by atoms with Gasteiger partial charge in [0.2, 0.25) is 0 Å². The molecule has 0 atom stereocenters. The van der Waals surface area contributed by atoms with Crippen molar-refractivity contribution in [2.24, 2.45) is 5.73 Å². The predicted octanol–water partition coefficient (Wildman–Crippen LogP) is 2.80. The molecule has 2 N–H and O–H groups in total. The molecule has 0 spiro atoms. The van der Waals surface area contributed by atoms with E-state index in [9.17, 15) is 13.2 Å². The van der Waals surface area contributed by atoms with Gasteiger partial charge in [0.1, 0.15) is 6.07 Å². The molecule has 1 aromatic carbocycles. The van der Waals surface area contributed by atoms with Gasteiger partial charge in [-0.1, -0.05) is 15.9 Å². The third-order valence-electron chi connectivity index (χ3n) is 1.88. The zero-order valence-corrected chi connectivity index (χ0v) is 8.98. The van der Waals surface area contributed by atoms with Crippen LogP contribution in [0.4, 0.5) is 13.2 Å². The van der Waals surface area contributed by atoms with Crippen LogP contribution in [0.15, 0.2) is 16.6 Å². The smallest absolute Gasteiger partial charge is 0.326 e. The van der Waals surface area contributed by atoms with Crippen LogP contribution in [0.2, 0.25) is 0 Å². The van der Waals surface area contributed by atoms with Crippen molar-refractivity contribution < 1.29 is 13.2 Å². The van der Waals surface area contributed by atoms with Gasteiger partial charge in [-0.15, -0.1) is 0 Å². The van der Waals surface area contributed by atoms with E-state index in [4.69, 9.17) is 11.0 Å². The molecule has 0 aromatic heterocycles. The fourth-order valence-corrected chi connectivity index (χ4v) is 1.68. The summed E-state index contributed by atoms with van der Waals surface area (Å²) in [6, 6.07) is 3.64. The van der Waals surface area contributed by atoms with Crippen LogP contribution in [0.25, 0.3) is 0 Å². The lowest BCUT2D eigenvalue weighted by Gasteiger charge is -2.12. The number of benzene rings is 1. The van der Waals surface area contributed by atoms with E-state index < -0.39 is 17.3 Å². The standard InChI is InChI=1S/C9H6BrF3N2/c10-8-2-1-7(9(11,12)13)5(3-14)6(8)4-15/h1-2H,4,15H2. The lowest BCUT2D eigenvalue weighted by atomic mass is 10.0. The maximum atomic E-state index is 12.5. The fourth-order valence-electron chi connectivity index (χ4n) is 1.19. The van der Waals surface area contributed by atoms with E-state index >= 15 is 0 Å². The molecule has 0 saturated heterocycles. The summed E-state index contributed by atoms with van der Waals surface area (Å²) in [7, 11) is 0. The Labute approximate surface area is 92.6 Å². The largest absolute Gasteiger partial charge is 0.417 e. The van der Waals surface area contributed by atoms with Gasteiger partial charge in [0.15, 0.2) is 0 Å². The second-order valence-electron chi connectivity index (χ2n) is 2.76. The van der Waals surface area contributed by atoms with Crippen LogP contribution in [0, 0.1) is 11.3 Å². The van der Waals surface area contributed by atoms with Gasteiger partial charge >= 0.3 is 6.18 Å². The average Bonchev–Trinajstić information content (AvgIpc) is 2.15. The number of nitrogens with two attached hydrogens (primary N) is 1. The number of alkyl halides is 3. The van der Waals surface area contributed by atoms with Gasteiger partial charge in [0.25, 0.3) is 0 Å². The first kappa shape index (κ1) is 12.0. The molecule has 0 aliphatic carbocycles. The summed E-state index contributed by atoms with van der Waals surface area (Å²) in [6.07, 6.45) is -4.53. The Morgan fingerprint density at radius 1 is 1.40 bits per heavy atom. The molecule has 0 bridgehead atoms. The SMILES string of the molecule is N#Cc1c(C(F)(F)F)ccc(Br)c1CN. The second kappa shape index (κ2) is 4.21. The van der Waals surface area contributed by atoms with Crippen LogP contribution in [0.1, 0.15) is 16.7 Å². The molecule has 15 heavy (non-hydrogen) atoms. The highest BCUT2D eigenvalue weighted by molar-refractivity contribution is 9.10. The summed E-state index contributed by atoms with van der Waals surface area (Å²) in [5.74, 6) is 0. The summed E-state index contributed by atoms with van der Waals surface area (Å²) in [4.78, 5) is 0. The van der Waals surface area contributed by atoms with E-state index in [0.29, 0.717) is 4.47 Å². The van der Waals surface area contributed by atoms with E-state index in [2.05, 4.69) is 15.9 Å². The average molecular weight is 279 g/mol. The maximum absolute atomic E-state index is 12.5. The minimum Gasteiger partial charge on any atom is -0.326 e. The van der Waals surface area contributed by atoms with Crippen molar-refractivity contribution in [3.05, 3.63) is 33.3 Å². The summed E-state index contributed by atoms with van der Waals surface area (Å²) < 4.78 is 37.8. The third-order valence-corrected chi connectivity index (χ3v) is 2.62. The quantitative estimate of drug-likeness (QED) is 0.859. The minimum atomic E-state index is -4.53. The van der Waals surface area contributed by atoms with E-state index in [0.717, 1.165) is 6.07 Å². The molecule has 0 saturated carbocycles. The molecule has 0 fully saturated rings. The van der Waals surface area contributed by atoms with Crippen LogP contribution in [-0.2, 0) is 12.7 Å². The number of hydrogen-bond acceptors (Lipinski definition) is 2. The van der Waals surface area contributed by atoms with Crippen LogP contribution >= 0.6 is 15.9 Å². The molecule has 6 heteroatoms. The number of nitriles is 1. The summed E-state index contributed by atoms with van der Waals surface area (Å²) >= 11 is 3.05. The van der Waals surface area contributed by atoms with Gasteiger partial charge in [-0.2, -0.15) is 18.4 Å². The fraction of sp³-hybridized carbons (Fsp3) is 0.222. The van der Waals surface area contributed by atoms with Gasteiger partial charge < -0.3 is 5.73 Å². The number of hydrogen-bond donors (Lipinski definition) is 1. The topological polar surface area (TPSA) is 49.8 Å². The van der Waals surface area contributed by atoms with Gasteiger partial charge in [-0.25, -0.2) is 0 Å². The number of rotatable bonds is 1. The maximum Gasteiger partial charge on any atom is 0.417 e. The Bertz CT molecular complexity index is 421. The van der Waals surface area contributed by atoms with Crippen molar-refractivity contribution in [1.82, 2.24) is 0 Å². The molecule has 2 nitrogen and oxygen atoms in total. The first-order valence-electron chi connectivity index (χ1n) is 3.90. The van der Waals surface area contributed by atoms with Crippen LogP contribution in [0.3, 0.4) is 0 Å². The molecular formula is C9H6BrF3N2. The van der Waals surface area contributed by atoms with Crippen LogP contribution < -0.4 is 5.73 Å². The van der Waals surface area contributed by atoms with Crippen molar-refractivity contribution in [2.45, 2.75) is 12.7 Å². The molecular weight excluding hydrogens is 273 g/mol. The molecule has 0 unspecified atom stereocenters.